The molecule has 2 amide bonds. The maximum absolute atomic E-state index is 15.1. The van der Waals surface area contributed by atoms with Gasteiger partial charge in [-0.3, -0.25) is 15.2 Å². The van der Waals surface area contributed by atoms with Crippen LogP contribution in [0.2, 0.25) is 10.0 Å². The molecule has 0 saturated carbocycles. The summed E-state index contributed by atoms with van der Waals surface area (Å²) in [7, 11) is 0. The first-order chi connectivity index (χ1) is 18.0. The summed E-state index contributed by atoms with van der Waals surface area (Å²) in [5.74, 6) is -3.34. The predicted molar refractivity (Wildman–Crippen MR) is 129 cm³/mol. The Kier molecular flexibility index (Phi) is 6.72. The summed E-state index contributed by atoms with van der Waals surface area (Å²) in [6.07, 6.45) is -6.06. The van der Waals surface area contributed by atoms with Gasteiger partial charge in [0.05, 0.1) is 35.2 Å². The molecule has 1 saturated heterocycles. The van der Waals surface area contributed by atoms with E-state index in [0.717, 1.165) is 0 Å². The van der Waals surface area contributed by atoms with Gasteiger partial charge < -0.3 is 9.64 Å². The second-order valence-electron chi connectivity index (χ2n) is 9.09. The van der Waals surface area contributed by atoms with Crippen LogP contribution in [0, 0.1) is 5.82 Å². The van der Waals surface area contributed by atoms with Crippen LogP contribution < -0.4 is 5.32 Å². The predicted octanol–water partition coefficient (Wildman–Crippen LogP) is 6.03. The van der Waals surface area contributed by atoms with E-state index in [-0.39, 0.29) is 58.0 Å². The number of aromatic nitrogens is 3. The molecule has 2 atom stereocenters. The number of benzene rings is 2. The quantitative estimate of drug-likeness (QED) is 0.372. The van der Waals surface area contributed by atoms with Crippen LogP contribution in [0.4, 0.5) is 28.0 Å². The van der Waals surface area contributed by atoms with Crippen molar-refractivity contribution in [2.45, 2.75) is 37.0 Å². The first-order valence-corrected chi connectivity index (χ1v) is 12.2. The van der Waals surface area contributed by atoms with Crippen LogP contribution in [0.3, 0.4) is 0 Å². The van der Waals surface area contributed by atoms with Crippen molar-refractivity contribution in [2.75, 3.05) is 18.4 Å². The molecule has 1 aromatic heterocycles. The highest BCUT2D eigenvalue weighted by Crippen LogP contribution is 2.45. The minimum Gasteiger partial charge on any atom is -0.436 e. The normalized spacial score (nSPS) is 20.1. The third kappa shape index (κ3) is 5.02. The van der Waals surface area contributed by atoms with Gasteiger partial charge in [-0.15, -0.1) is 5.10 Å². The van der Waals surface area contributed by atoms with E-state index in [1.807, 2.05) is 0 Å². The molecule has 1 unspecified atom stereocenters. The maximum atomic E-state index is 15.1. The van der Waals surface area contributed by atoms with Gasteiger partial charge in [-0.2, -0.15) is 13.2 Å². The Morgan fingerprint density at radius 1 is 1.24 bits per heavy atom. The van der Waals surface area contributed by atoms with Crippen molar-refractivity contribution in [2.24, 2.45) is 0 Å². The SMILES string of the molecule is O=C1Nc2ccc(Cl)c(F)c2[C@@]2(CCCN(C(=O)c3n[nH]c(C(CC(F)(F)F)c4cccc(Cl)c4)n3)C2)O1. The molecule has 1 spiro atoms. The van der Waals surface area contributed by atoms with Crippen molar-refractivity contribution >= 4 is 40.9 Å². The number of hydrogen-bond donors (Lipinski definition) is 2. The molecule has 0 radical (unpaired) electrons. The number of alkyl halides is 3. The molecule has 8 nitrogen and oxygen atoms in total. The lowest BCUT2D eigenvalue weighted by Crippen LogP contribution is -2.53. The number of anilines is 1. The van der Waals surface area contributed by atoms with Crippen LogP contribution in [-0.2, 0) is 10.3 Å². The molecule has 2 N–H and O–H groups in total. The van der Waals surface area contributed by atoms with Gasteiger partial charge in [0.1, 0.15) is 5.82 Å². The molecule has 14 heteroatoms. The molecule has 5 rings (SSSR count). The minimum absolute atomic E-state index is 0.0176. The number of nitrogens with zero attached hydrogens (tertiary/aromatic N) is 3. The molecule has 2 aliphatic heterocycles. The third-order valence-electron chi connectivity index (χ3n) is 6.53. The van der Waals surface area contributed by atoms with Crippen LogP contribution in [0.1, 0.15) is 52.8 Å². The largest absolute Gasteiger partial charge is 0.436 e. The molecular weight excluding hydrogens is 553 g/mol. The highest BCUT2D eigenvalue weighted by Gasteiger charge is 2.49. The molecule has 0 bridgehead atoms. The van der Waals surface area contributed by atoms with E-state index in [2.05, 4.69) is 20.5 Å². The lowest BCUT2D eigenvalue weighted by molar-refractivity contribution is -0.137. The number of nitrogens with one attached hydrogen (secondary N) is 2. The van der Waals surface area contributed by atoms with E-state index in [4.69, 9.17) is 27.9 Å². The standard InChI is InChI=1S/C24H19Cl2F4N5O3/c25-13-4-1-3-12(9-13)14(10-24(28,29)30)19-32-20(34-33-19)21(36)35-8-2-7-23(11-35)17-16(31-22(37)38-23)6-5-15(26)18(17)27/h1,3-6,9,14H,2,7-8,10-11H2,(H,31,37)(H,32,33,34)/t14?,23-/m0/s1. The monoisotopic (exact) mass is 571 g/mol. The fourth-order valence-electron chi connectivity index (χ4n) is 4.94. The highest BCUT2D eigenvalue weighted by atomic mass is 35.5. The van der Waals surface area contributed by atoms with E-state index < -0.39 is 41.9 Å². The first-order valence-electron chi connectivity index (χ1n) is 11.5. The van der Waals surface area contributed by atoms with Crippen molar-refractivity contribution in [1.82, 2.24) is 20.1 Å². The fourth-order valence-corrected chi connectivity index (χ4v) is 5.30. The molecule has 38 heavy (non-hydrogen) atoms. The fraction of sp³-hybridized carbons (Fsp3) is 0.333. The smallest absolute Gasteiger partial charge is 0.412 e. The second kappa shape index (κ2) is 9.73. The Bertz CT molecular complexity index is 1420. The number of carbonyl (C=O) groups is 2. The van der Waals surface area contributed by atoms with Crippen molar-refractivity contribution in [3.8, 4) is 0 Å². The number of amides is 2. The Balaban J connectivity index is 1.45. The number of rotatable bonds is 4. The number of aromatic amines is 1. The molecule has 3 aromatic rings. The Morgan fingerprint density at radius 3 is 2.76 bits per heavy atom. The Hall–Kier alpha value is -3.38. The maximum Gasteiger partial charge on any atom is 0.412 e. The molecule has 2 aromatic carbocycles. The molecule has 200 valence electrons. The second-order valence-corrected chi connectivity index (χ2v) is 9.94. The molecule has 2 aliphatic rings. The number of H-pyrrole nitrogens is 1. The van der Waals surface area contributed by atoms with Crippen LogP contribution >= 0.6 is 23.2 Å². The summed E-state index contributed by atoms with van der Waals surface area (Å²) in [6, 6.07) is 8.65. The zero-order valence-electron chi connectivity index (χ0n) is 19.4. The van der Waals surface area contributed by atoms with Crippen LogP contribution in [0.5, 0.6) is 0 Å². The molecule has 3 heterocycles. The lowest BCUT2D eigenvalue weighted by atomic mass is 9.83. The topological polar surface area (TPSA) is 100 Å². The molecular formula is C24H19Cl2F4N5O3. The van der Waals surface area contributed by atoms with Crippen LogP contribution in [0.25, 0.3) is 0 Å². The Morgan fingerprint density at radius 2 is 2.03 bits per heavy atom. The van der Waals surface area contributed by atoms with Crippen LogP contribution in [0.15, 0.2) is 36.4 Å². The van der Waals surface area contributed by atoms with Gasteiger partial charge in [0.15, 0.2) is 11.4 Å². The van der Waals surface area contributed by atoms with Gasteiger partial charge in [-0.1, -0.05) is 35.3 Å². The van der Waals surface area contributed by atoms with Gasteiger partial charge in [-0.05, 0) is 42.7 Å². The van der Waals surface area contributed by atoms with Gasteiger partial charge in [0.25, 0.3) is 5.91 Å². The number of carbonyl (C=O) groups excluding carboxylic acids is 2. The molecule has 0 aliphatic carbocycles. The van der Waals surface area contributed by atoms with E-state index in [1.54, 1.807) is 0 Å². The third-order valence-corrected chi connectivity index (χ3v) is 7.06. The average Bonchev–Trinajstić information content (AvgIpc) is 3.33. The van der Waals surface area contributed by atoms with E-state index in [9.17, 15) is 22.8 Å². The summed E-state index contributed by atoms with van der Waals surface area (Å²) in [4.78, 5) is 31.0. The van der Waals surface area contributed by atoms with Gasteiger partial charge in [0.2, 0.25) is 5.82 Å². The lowest BCUT2D eigenvalue weighted by Gasteiger charge is -2.44. The number of fused-ring (bicyclic) bond motifs is 2. The summed E-state index contributed by atoms with van der Waals surface area (Å²) in [5, 5.41) is 8.82. The average molecular weight is 572 g/mol. The number of ether oxygens (including phenoxy) is 1. The number of piperidine rings is 1. The number of likely N-dealkylation sites (tertiary alicyclic amines) is 1. The van der Waals surface area contributed by atoms with Crippen molar-refractivity contribution in [3.63, 3.8) is 0 Å². The molecule has 1 fully saturated rings. The van der Waals surface area contributed by atoms with Crippen molar-refractivity contribution in [1.29, 1.82) is 0 Å². The van der Waals surface area contributed by atoms with Crippen LogP contribution in [-0.4, -0.2) is 51.3 Å². The zero-order valence-corrected chi connectivity index (χ0v) is 20.9. The van der Waals surface area contributed by atoms with E-state index >= 15 is 4.39 Å². The first kappa shape index (κ1) is 26.2. The Labute approximate surface area is 223 Å². The van der Waals surface area contributed by atoms with Gasteiger partial charge in [-0.25, -0.2) is 14.2 Å². The van der Waals surface area contributed by atoms with Gasteiger partial charge >= 0.3 is 12.3 Å². The summed E-state index contributed by atoms with van der Waals surface area (Å²) in [6.45, 7) is -0.0269. The highest BCUT2D eigenvalue weighted by molar-refractivity contribution is 6.31. The number of hydrogen-bond acceptors (Lipinski definition) is 5. The minimum atomic E-state index is -4.54. The van der Waals surface area contributed by atoms with Crippen molar-refractivity contribution < 1.29 is 31.9 Å². The van der Waals surface area contributed by atoms with Crippen molar-refractivity contribution in [3.05, 3.63) is 75.0 Å². The van der Waals surface area contributed by atoms with E-state index in [0.29, 0.717) is 6.42 Å². The summed E-state index contributed by atoms with van der Waals surface area (Å²) < 4.78 is 60.8. The van der Waals surface area contributed by atoms with Gasteiger partial charge in [0, 0.05) is 11.6 Å². The zero-order chi connectivity index (χ0) is 27.2. The number of halogens is 6. The van der Waals surface area contributed by atoms with E-state index in [1.165, 1.54) is 41.3 Å². The summed E-state index contributed by atoms with van der Waals surface area (Å²) in [5.41, 5.74) is -1.08. The summed E-state index contributed by atoms with van der Waals surface area (Å²) >= 11 is 12.0.